The molecule has 0 saturated carbocycles. The molecule has 16 heavy (non-hydrogen) atoms. The van der Waals surface area contributed by atoms with Crippen molar-refractivity contribution in [3.8, 4) is 0 Å². The van der Waals surface area contributed by atoms with E-state index in [1.807, 2.05) is 6.92 Å². The minimum Gasteiger partial charge on any atom is -0.380 e. The zero-order valence-electron chi connectivity index (χ0n) is 9.63. The topological polar surface area (TPSA) is 66.9 Å². The van der Waals surface area contributed by atoms with Crippen molar-refractivity contribution in [3.05, 3.63) is 0 Å². The number of likely N-dealkylation sites (N-methyl/N-ethyl adjacent to an activating group) is 1. The molecule has 1 amide bonds. The number of carbonyl (C=O) groups is 1. The molecule has 0 aromatic rings. The zero-order valence-corrected chi connectivity index (χ0v) is 10.5. The van der Waals surface area contributed by atoms with Crippen LogP contribution in [-0.4, -0.2) is 55.8 Å². The summed E-state index contributed by atoms with van der Waals surface area (Å²) in [6.07, 6.45) is 0. The fourth-order valence-electron chi connectivity index (χ4n) is 1.99. The number of rotatable bonds is 2. The zero-order chi connectivity index (χ0) is 12.1. The highest BCUT2D eigenvalue weighted by molar-refractivity contribution is 7.87. The van der Waals surface area contributed by atoms with Gasteiger partial charge < -0.3 is 4.74 Å². The van der Waals surface area contributed by atoms with Crippen molar-refractivity contribution in [1.29, 1.82) is 0 Å². The summed E-state index contributed by atoms with van der Waals surface area (Å²) in [5, 5.41) is 0. The summed E-state index contributed by atoms with van der Waals surface area (Å²) < 4.78 is 31.0. The normalized spacial score (nSPS) is 32.8. The minimum atomic E-state index is -3.61. The predicted molar refractivity (Wildman–Crippen MR) is 56.8 cm³/mol. The Morgan fingerprint density at radius 1 is 1.50 bits per heavy atom. The molecule has 0 N–H and O–H groups in total. The molecule has 0 radical (unpaired) electrons. The molecular weight excluding hydrogens is 232 g/mol. The molecule has 0 aromatic carbocycles. The third kappa shape index (κ3) is 1.54. The lowest BCUT2D eigenvalue weighted by Gasteiger charge is -2.40. The van der Waals surface area contributed by atoms with Crippen molar-refractivity contribution in [2.24, 2.45) is 5.41 Å². The standard InChI is InChI=1S/C9H16N2O4S/c1-7-8(12)10(3)16(13,14)11(7)4-9(2)5-15-6-9/h7H,4-6H2,1-3H3. The van der Waals surface area contributed by atoms with Crippen molar-refractivity contribution in [2.75, 3.05) is 26.8 Å². The van der Waals surface area contributed by atoms with Gasteiger partial charge in [0.2, 0.25) is 0 Å². The van der Waals surface area contributed by atoms with Gasteiger partial charge in [-0.1, -0.05) is 6.92 Å². The van der Waals surface area contributed by atoms with Crippen molar-refractivity contribution < 1.29 is 17.9 Å². The number of hydrogen-bond donors (Lipinski definition) is 0. The third-order valence-electron chi connectivity index (χ3n) is 3.18. The molecule has 92 valence electrons. The molecule has 7 heteroatoms. The Labute approximate surface area is 95.3 Å². The van der Waals surface area contributed by atoms with E-state index in [4.69, 9.17) is 4.74 Å². The lowest BCUT2D eigenvalue weighted by Crippen LogP contribution is -2.51. The molecule has 0 aromatic heterocycles. The van der Waals surface area contributed by atoms with Gasteiger partial charge in [0.1, 0.15) is 6.04 Å². The fraction of sp³-hybridized carbons (Fsp3) is 0.889. The fourth-order valence-corrected chi connectivity index (χ4v) is 3.65. The van der Waals surface area contributed by atoms with E-state index in [1.54, 1.807) is 6.92 Å². The predicted octanol–water partition coefficient (Wildman–Crippen LogP) is -0.570. The van der Waals surface area contributed by atoms with E-state index in [9.17, 15) is 13.2 Å². The first-order valence-electron chi connectivity index (χ1n) is 5.15. The van der Waals surface area contributed by atoms with Gasteiger partial charge >= 0.3 is 10.2 Å². The van der Waals surface area contributed by atoms with Crippen LogP contribution >= 0.6 is 0 Å². The highest BCUT2D eigenvalue weighted by Gasteiger charge is 2.49. The van der Waals surface area contributed by atoms with Gasteiger partial charge in [-0.2, -0.15) is 12.7 Å². The summed E-state index contributed by atoms with van der Waals surface area (Å²) in [4.78, 5) is 11.6. The molecule has 2 fully saturated rings. The molecule has 0 bridgehead atoms. The molecule has 2 rings (SSSR count). The molecule has 2 saturated heterocycles. The Bertz CT molecular complexity index is 415. The van der Waals surface area contributed by atoms with Crippen LogP contribution in [0.25, 0.3) is 0 Å². The van der Waals surface area contributed by atoms with Crippen LogP contribution in [0.4, 0.5) is 0 Å². The van der Waals surface area contributed by atoms with Crippen LogP contribution in [-0.2, 0) is 19.7 Å². The van der Waals surface area contributed by atoms with Gasteiger partial charge in [-0.25, -0.2) is 4.31 Å². The van der Waals surface area contributed by atoms with Crippen LogP contribution in [0.2, 0.25) is 0 Å². The first-order valence-corrected chi connectivity index (χ1v) is 6.55. The van der Waals surface area contributed by atoms with Gasteiger partial charge in [-0.3, -0.25) is 4.79 Å². The summed E-state index contributed by atoms with van der Waals surface area (Å²) in [6, 6.07) is -0.604. The number of carbonyl (C=O) groups excluding carboxylic acids is 1. The second kappa shape index (κ2) is 3.41. The summed E-state index contributed by atoms with van der Waals surface area (Å²) in [7, 11) is -2.31. The maximum absolute atomic E-state index is 11.9. The average molecular weight is 248 g/mol. The molecule has 2 heterocycles. The molecule has 1 unspecified atom stereocenters. The number of hydrogen-bond acceptors (Lipinski definition) is 4. The van der Waals surface area contributed by atoms with Crippen LogP contribution in [0.5, 0.6) is 0 Å². The summed E-state index contributed by atoms with van der Waals surface area (Å²) in [5.41, 5.74) is -0.160. The molecule has 1 atom stereocenters. The number of nitrogens with zero attached hydrogens (tertiary/aromatic N) is 2. The van der Waals surface area contributed by atoms with Crippen LogP contribution in [0.3, 0.4) is 0 Å². The van der Waals surface area contributed by atoms with Gasteiger partial charge in [-0.15, -0.1) is 0 Å². The molecule has 2 aliphatic heterocycles. The van der Waals surface area contributed by atoms with Crippen molar-refractivity contribution in [1.82, 2.24) is 8.61 Å². The molecule has 0 aliphatic carbocycles. The van der Waals surface area contributed by atoms with E-state index in [0.717, 1.165) is 4.31 Å². The molecule has 0 spiro atoms. The maximum atomic E-state index is 11.9. The smallest absolute Gasteiger partial charge is 0.306 e. The van der Waals surface area contributed by atoms with Gasteiger partial charge in [0, 0.05) is 19.0 Å². The molecule has 6 nitrogen and oxygen atoms in total. The van der Waals surface area contributed by atoms with E-state index < -0.39 is 16.3 Å². The van der Waals surface area contributed by atoms with E-state index in [0.29, 0.717) is 19.8 Å². The highest BCUT2D eigenvalue weighted by Crippen LogP contribution is 2.32. The van der Waals surface area contributed by atoms with Gasteiger partial charge in [-0.05, 0) is 6.92 Å². The first-order chi connectivity index (χ1) is 7.28. The number of amides is 1. The Morgan fingerprint density at radius 2 is 2.06 bits per heavy atom. The lowest BCUT2D eigenvalue weighted by molar-refractivity contribution is -0.129. The Kier molecular flexibility index (Phi) is 2.52. The Morgan fingerprint density at radius 3 is 2.38 bits per heavy atom. The first kappa shape index (κ1) is 11.8. The average Bonchev–Trinajstić information content (AvgIpc) is 2.31. The summed E-state index contributed by atoms with van der Waals surface area (Å²) in [5.74, 6) is -0.371. The highest BCUT2D eigenvalue weighted by atomic mass is 32.2. The maximum Gasteiger partial charge on any atom is 0.306 e. The van der Waals surface area contributed by atoms with Crippen molar-refractivity contribution >= 4 is 16.1 Å². The minimum absolute atomic E-state index is 0.160. The second-order valence-electron chi connectivity index (χ2n) is 4.84. The SMILES string of the molecule is CC1C(=O)N(C)S(=O)(=O)N1CC1(C)COC1. The van der Waals surface area contributed by atoms with E-state index >= 15 is 0 Å². The van der Waals surface area contributed by atoms with Crippen LogP contribution in [0, 0.1) is 5.41 Å². The van der Waals surface area contributed by atoms with Crippen molar-refractivity contribution in [2.45, 2.75) is 19.9 Å². The molecular formula is C9H16N2O4S. The molecule has 2 aliphatic rings. The van der Waals surface area contributed by atoms with E-state index in [-0.39, 0.29) is 11.3 Å². The Balaban J connectivity index is 2.23. The van der Waals surface area contributed by atoms with Crippen LogP contribution in [0.1, 0.15) is 13.8 Å². The van der Waals surface area contributed by atoms with Crippen LogP contribution < -0.4 is 0 Å². The Hall–Kier alpha value is -0.660. The third-order valence-corrected chi connectivity index (χ3v) is 5.09. The summed E-state index contributed by atoms with van der Waals surface area (Å²) >= 11 is 0. The number of ether oxygens (including phenoxy) is 1. The van der Waals surface area contributed by atoms with Crippen molar-refractivity contribution in [3.63, 3.8) is 0 Å². The quantitative estimate of drug-likeness (QED) is 0.656. The van der Waals surface area contributed by atoms with E-state index in [2.05, 4.69) is 0 Å². The second-order valence-corrected chi connectivity index (χ2v) is 6.75. The summed E-state index contributed by atoms with van der Waals surface area (Å²) in [6.45, 7) is 5.01. The van der Waals surface area contributed by atoms with E-state index in [1.165, 1.54) is 11.4 Å². The lowest BCUT2D eigenvalue weighted by atomic mass is 9.88. The van der Waals surface area contributed by atoms with Gasteiger partial charge in [0.25, 0.3) is 5.91 Å². The largest absolute Gasteiger partial charge is 0.380 e. The van der Waals surface area contributed by atoms with Gasteiger partial charge in [0.05, 0.1) is 13.2 Å². The van der Waals surface area contributed by atoms with Crippen LogP contribution in [0.15, 0.2) is 0 Å². The van der Waals surface area contributed by atoms with Gasteiger partial charge in [0.15, 0.2) is 0 Å². The monoisotopic (exact) mass is 248 g/mol.